The monoisotopic (exact) mass is 291 g/mol. The molecule has 0 saturated carbocycles. The van der Waals surface area contributed by atoms with Gasteiger partial charge in [-0.2, -0.15) is 0 Å². The molecule has 100 valence electrons. The van der Waals surface area contributed by atoms with Crippen molar-refractivity contribution in [3.8, 4) is 11.4 Å². The first kappa shape index (κ1) is 12.2. The molecule has 0 aliphatic carbocycles. The predicted molar refractivity (Wildman–Crippen MR) is 85.3 cm³/mol. The number of hydrogen-bond acceptors (Lipinski definition) is 3. The summed E-state index contributed by atoms with van der Waals surface area (Å²) in [7, 11) is 0. The molecule has 3 nitrogen and oxygen atoms in total. The Morgan fingerprint density at radius 1 is 0.762 bits per heavy atom. The highest BCUT2D eigenvalue weighted by atomic mass is 35.5. The number of fused-ring (bicyclic) bond motifs is 2. The van der Waals surface area contributed by atoms with Gasteiger partial charge in [-0.3, -0.25) is 4.98 Å². The first-order chi connectivity index (χ1) is 10.3. The van der Waals surface area contributed by atoms with Crippen LogP contribution in [0.5, 0.6) is 0 Å². The van der Waals surface area contributed by atoms with Gasteiger partial charge in [0.2, 0.25) is 0 Å². The zero-order chi connectivity index (χ0) is 14.2. The fraction of sp³-hybridized carbons (Fsp3) is 0. The molecule has 0 N–H and O–H groups in total. The lowest BCUT2D eigenvalue weighted by Crippen LogP contribution is -1.92. The number of hydrogen-bond donors (Lipinski definition) is 0. The third-order valence-corrected chi connectivity index (χ3v) is 3.69. The summed E-state index contributed by atoms with van der Waals surface area (Å²) in [5.41, 5.74) is 3.17. The van der Waals surface area contributed by atoms with E-state index in [-0.39, 0.29) is 0 Å². The van der Waals surface area contributed by atoms with E-state index in [0.717, 1.165) is 33.2 Å². The van der Waals surface area contributed by atoms with Crippen LogP contribution in [0.25, 0.3) is 33.2 Å². The molecule has 2 aromatic carbocycles. The lowest BCUT2D eigenvalue weighted by molar-refractivity contribution is 1.24. The second-order valence-corrected chi connectivity index (χ2v) is 5.12. The van der Waals surface area contributed by atoms with Crippen molar-refractivity contribution < 1.29 is 0 Å². The van der Waals surface area contributed by atoms with Crippen LogP contribution in [0.15, 0.2) is 60.8 Å². The number of rotatable bonds is 1. The van der Waals surface area contributed by atoms with Crippen molar-refractivity contribution in [2.45, 2.75) is 0 Å². The van der Waals surface area contributed by atoms with Gasteiger partial charge in [0.25, 0.3) is 0 Å². The second-order valence-electron chi connectivity index (χ2n) is 4.76. The van der Waals surface area contributed by atoms with Gasteiger partial charge in [0, 0.05) is 5.39 Å². The summed E-state index contributed by atoms with van der Waals surface area (Å²) in [4.78, 5) is 13.5. The van der Waals surface area contributed by atoms with Crippen LogP contribution in [0, 0.1) is 0 Å². The Bertz CT molecular complexity index is 966. The first-order valence-corrected chi connectivity index (χ1v) is 6.96. The van der Waals surface area contributed by atoms with Crippen molar-refractivity contribution in [1.29, 1.82) is 0 Å². The van der Waals surface area contributed by atoms with Crippen molar-refractivity contribution in [2.75, 3.05) is 0 Å². The van der Waals surface area contributed by atoms with Gasteiger partial charge in [-0.05, 0) is 23.6 Å². The van der Waals surface area contributed by atoms with E-state index < -0.39 is 0 Å². The highest BCUT2D eigenvalue weighted by molar-refractivity contribution is 6.34. The molecule has 0 aliphatic rings. The molecule has 0 radical (unpaired) electrons. The Hall–Kier alpha value is -2.52. The summed E-state index contributed by atoms with van der Waals surface area (Å²) in [5, 5.41) is 2.47. The highest BCUT2D eigenvalue weighted by Crippen LogP contribution is 2.27. The van der Waals surface area contributed by atoms with Crippen molar-refractivity contribution in [3.05, 3.63) is 65.9 Å². The maximum atomic E-state index is 6.27. The van der Waals surface area contributed by atoms with E-state index in [0.29, 0.717) is 5.15 Å². The molecular formula is C17H10ClN3. The van der Waals surface area contributed by atoms with Crippen molar-refractivity contribution in [1.82, 2.24) is 15.0 Å². The van der Waals surface area contributed by atoms with Crippen LogP contribution in [-0.2, 0) is 0 Å². The Morgan fingerprint density at radius 3 is 2.43 bits per heavy atom. The van der Waals surface area contributed by atoms with E-state index in [2.05, 4.69) is 15.0 Å². The Balaban J connectivity index is 1.95. The van der Waals surface area contributed by atoms with Crippen LogP contribution < -0.4 is 0 Å². The van der Waals surface area contributed by atoms with E-state index in [4.69, 9.17) is 11.6 Å². The van der Waals surface area contributed by atoms with Gasteiger partial charge < -0.3 is 0 Å². The molecule has 4 rings (SSSR count). The Kier molecular flexibility index (Phi) is 2.79. The van der Waals surface area contributed by atoms with E-state index in [1.165, 1.54) is 0 Å². The topological polar surface area (TPSA) is 38.7 Å². The van der Waals surface area contributed by atoms with Crippen molar-refractivity contribution in [2.24, 2.45) is 0 Å². The second kappa shape index (κ2) is 4.79. The zero-order valence-electron chi connectivity index (χ0n) is 11.0. The minimum atomic E-state index is 0.484. The number of aromatic nitrogens is 3. The zero-order valence-corrected chi connectivity index (χ0v) is 11.7. The van der Waals surface area contributed by atoms with Crippen LogP contribution in [-0.4, -0.2) is 15.0 Å². The van der Waals surface area contributed by atoms with Crippen LogP contribution in [0.2, 0.25) is 5.15 Å². The van der Waals surface area contributed by atoms with Crippen molar-refractivity contribution >= 4 is 33.4 Å². The van der Waals surface area contributed by atoms with Crippen molar-refractivity contribution in [3.63, 3.8) is 0 Å². The predicted octanol–water partition coefficient (Wildman–Crippen LogP) is 4.50. The molecule has 0 bridgehead atoms. The molecule has 0 saturated heterocycles. The molecule has 2 aromatic heterocycles. The van der Waals surface area contributed by atoms with Gasteiger partial charge in [-0.15, -0.1) is 0 Å². The third kappa shape index (κ3) is 2.12. The Morgan fingerprint density at radius 2 is 1.52 bits per heavy atom. The molecule has 0 unspecified atom stereocenters. The molecule has 2 heterocycles. The fourth-order valence-corrected chi connectivity index (χ4v) is 2.63. The highest BCUT2D eigenvalue weighted by Gasteiger charge is 2.08. The third-order valence-electron chi connectivity index (χ3n) is 3.40. The van der Waals surface area contributed by atoms with E-state index in [1.807, 2.05) is 54.6 Å². The molecule has 0 spiro atoms. The maximum Gasteiger partial charge on any atom is 0.137 e. The molecule has 4 aromatic rings. The Labute approximate surface area is 126 Å². The van der Waals surface area contributed by atoms with E-state index >= 15 is 0 Å². The van der Waals surface area contributed by atoms with E-state index in [9.17, 15) is 0 Å². The van der Waals surface area contributed by atoms with Gasteiger partial charge in [-0.1, -0.05) is 48.0 Å². The molecule has 0 aliphatic heterocycles. The molecule has 4 heteroatoms. The fourth-order valence-electron chi connectivity index (χ4n) is 2.37. The SMILES string of the molecule is Clc1nc(-c2cnc3ccccc3n2)cc2ccccc12. The van der Waals surface area contributed by atoms with Gasteiger partial charge in [0.1, 0.15) is 10.8 Å². The van der Waals surface area contributed by atoms with Crippen LogP contribution in [0.4, 0.5) is 0 Å². The number of para-hydroxylation sites is 2. The molecule has 21 heavy (non-hydrogen) atoms. The molecule has 0 amide bonds. The summed E-state index contributed by atoms with van der Waals surface area (Å²) in [6.45, 7) is 0. The van der Waals surface area contributed by atoms with Crippen LogP contribution >= 0.6 is 11.6 Å². The summed E-state index contributed by atoms with van der Waals surface area (Å²) in [5.74, 6) is 0. The van der Waals surface area contributed by atoms with Gasteiger partial charge in [0.15, 0.2) is 0 Å². The van der Waals surface area contributed by atoms with Gasteiger partial charge in [-0.25, -0.2) is 9.97 Å². The molecule has 0 atom stereocenters. The number of nitrogens with zero attached hydrogens (tertiary/aromatic N) is 3. The summed E-state index contributed by atoms with van der Waals surface area (Å²) < 4.78 is 0. The maximum absolute atomic E-state index is 6.27. The average molecular weight is 292 g/mol. The minimum absolute atomic E-state index is 0.484. The van der Waals surface area contributed by atoms with E-state index in [1.54, 1.807) is 6.20 Å². The standard InChI is InChI=1S/C17H10ClN3/c18-17-12-6-2-1-5-11(12)9-15(21-17)16-10-19-13-7-3-4-8-14(13)20-16/h1-10H. The number of benzene rings is 2. The van der Waals surface area contributed by atoms with Gasteiger partial charge in [0.05, 0.1) is 22.9 Å². The summed E-state index contributed by atoms with van der Waals surface area (Å²) in [6, 6.07) is 17.7. The lowest BCUT2D eigenvalue weighted by Gasteiger charge is -2.05. The minimum Gasteiger partial charge on any atom is -0.252 e. The van der Waals surface area contributed by atoms with Crippen LogP contribution in [0.3, 0.4) is 0 Å². The number of halogens is 1. The lowest BCUT2D eigenvalue weighted by atomic mass is 10.1. The summed E-state index contributed by atoms with van der Waals surface area (Å²) >= 11 is 6.27. The number of pyridine rings is 1. The van der Waals surface area contributed by atoms with Gasteiger partial charge >= 0.3 is 0 Å². The molecular weight excluding hydrogens is 282 g/mol. The molecule has 0 fully saturated rings. The quantitative estimate of drug-likeness (QED) is 0.485. The first-order valence-electron chi connectivity index (χ1n) is 6.59. The normalized spacial score (nSPS) is 11.1. The van der Waals surface area contributed by atoms with Crippen LogP contribution in [0.1, 0.15) is 0 Å². The smallest absolute Gasteiger partial charge is 0.137 e. The average Bonchev–Trinajstić information content (AvgIpc) is 2.54. The summed E-state index contributed by atoms with van der Waals surface area (Å²) in [6.07, 6.45) is 1.73. The largest absolute Gasteiger partial charge is 0.252 e.